The van der Waals surface area contributed by atoms with Crippen LogP contribution in [0.25, 0.3) is 0 Å². The van der Waals surface area contributed by atoms with Crippen molar-refractivity contribution in [1.82, 2.24) is 9.80 Å². The smallest absolute Gasteiger partial charge is 0.225 e. The number of aliphatic hydroxyl groups is 4. The van der Waals surface area contributed by atoms with Crippen LogP contribution in [0, 0.1) is 5.92 Å². The number of ether oxygens (including phenoxy) is 2. The molecule has 0 saturated carbocycles. The average molecular weight is 1110 g/mol. The van der Waals surface area contributed by atoms with Crippen molar-refractivity contribution in [3.63, 3.8) is 0 Å². The molecule has 0 aliphatic rings. The summed E-state index contributed by atoms with van der Waals surface area (Å²) in [6.07, 6.45) is 60.1. The monoisotopic (exact) mass is 1110 g/mol. The molecule has 0 aliphatic heterocycles. The molecule has 0 heterocycles. The molecular formula is C68H136N2O8. The number of nitrogens with zero attached hydrogens (tertiary/aromatic N) is 2. The molecule has 466 valence electrons. The van der Waals surface area contributed by atoms with Gasteiger partial charge in [0.1, 0.15) is 0 Å². The SMILES string of the molecule is CCCCCCCCCCCCCCCCOCC(O)CN(CCO)C(=O)CCCCCCCCCCCCCCCC(CCCCCCCC)C(=O)N(CCO)CC(O)COCCCCCCCCCCCCCCCC. The lowest BCUT2D eigenvalue weighted by Gasteiger charge is -2.29. The Kier molecular flexibility index (Phi) is 62.2. The minimum absolute atomic E-state index is 0.0130. The summed E-state index contributed by atoms with van der Waals surface area (Å²) in [7, 11) is 0. The van der Waals surface area contributed by atoms with Crippen LogP contribution in [0.4, 0.5) is 0 Å². The van der Waals surface area contributed by atoms with Crippen LogP contribution in [0.2, 0.25) is 0 Å². The summed E-state index contributed by atoms with van der Waals surface area (Å²) >= 11 is 0. The molecule has 0 saturated heterocycles. The lowest BCUT2D eigenvalue weighted by atomic mass is 9.92. The highest BCUT2D eigenvalue weighted by molar-refractivity contribution is 5.79. The maximum absolute atomic E-state index is 14.0. The Morgan fingerprint density at radius 3 is 0.910 bits per heavy atom. The molecule has 78 heavy (non-hydrogen) atoms. The lowest BCUT2D eigenvalue weighted by Crippen LogP contribution is -2.43. The molecule has 0 rings (SSSR count). The van der Waals surface area contributed by atoms with E-state index in [1.54, 1.807) is 9.80 Å². The Hall–Kier alpha value is -1.30. The van der Waals surface area contributed by atoms with Gasteiger partial charge in [0, 0.05) is 51.7 Å². The molecule has 0 aromatic rings. The molecule has 0 radical (unpaired) electrons. The van der Waals surface area contributed by atoms with Gasteiger partial charge >= 0.3 is 0 Å². The highest BCUT2D eigenvalue weighted by atomic mass is 16.5. The number of carbonyl (C=O) groups is 2. The average Bonchev–Trinajstić information content (AvgIpc) is 3.43. The predicted octanol–water partition coefficient (Wildman–Crippen LogP) is 17.6. The highest BCUT2D eigenvalue weighted by Crippen LogP contribution is 2.23. The number of aliphatic hydroxyl groups excluding tert-OH is 4. The summed E-state index contributed by atoms with van der Waals surface area (Å²) in [6, 6.07) is 0. The van der Waals surface area contributed by atoms with Crippen molar-refractivity contribution in [2.24, 2.45) is 5.92 Å². The van der Waals surface area contributed by atoms with Gasteiger partial charge in [-0.2, -0.15) is 0 Å². The molecule has 0 aromatic heterocycles. The minimum Gasteiger partial charge on any atom is -0.395 e. The quantitative estimate of drug-likeness (QED) is 0.0442. The first-order valence-electron chi connectivity index (χ1n) is 34.6. The number of hydrogen-bond acceptors (Lipinski definition) is 8. The van der Waals surface area contributed by atoms with Crippen molar-refractivity contribution in [3.05, 3.63) is 0 Å². The molecular weight excluding hydrogens is 973 g/mol. The molecule has 10 nitrogen and oxygen atoms in total. The zero-order chi connectivity index (χ0) is 56.9. The molecule has 2 amide bonds. The summed E-state index contributed by atoms with van der Waals surface area (Å²) in [5, 5.41) is 41.0. The summed E-state index contributed by atoms with van der Waals surface area (Å²) in [4.78, 5) is 30.2. The van der Waals surface area contributed by atoms with Gasteiger partial charge in [0.15, 0.2) is 0 Å². The third-order valence-electron chi connectivity index (χ3n) is 16.4. The molecule has 0 aliphatic carbocycles. The van der Waals surface area contributed by atoms with E-state index in [1.807, 2.05) is 0 Å². The Morgan fingerprint density at radius 1 is 0.346 bits per heavy atom. The molecule has 3 atom stereocenters. The first-order valence-corrected chi connectivity index (χ1v) is 34.6. The zero-order valence-corrected chi connectivity index (χ0v) is 52.5. The number of hydrogen-bond donors (Lipinski definition) is 4. The van der Waals surface area contributed by atoms with Crippen molar-refractivity contribution in [2.45, 2.75) is 354 Å². The van der Waals surface area contributed by atoms with Gasteiger partial charge in [-0.1, -0.05) is 303 Å². The fourth-order valence-electron chi connectivity index (χ4n) is 11.3. The molecule has 0 spiro atoms. The van der Waals surface area contributed by atoms with Crippen molar-refractivity contribution in [1.29, 1.82) is 0 Å². The fourth-order valence-corrected chi connectivity index (χ4v) is 11.3. The van der Waals surface area contributed by atoms with Crippen molar-refractivity contribution in [2.75, 3.05) is 65.8 Å². The van der Waals surface area contributed by atoms with Gasteiger partial charge in [-0.25, -0.2) is 0 Å². The predicted molar refractivity (Wildman–Crippen MR) is 332 cm³/mol. The van der Waals surface area contributed by atoms with Crippen molar-refractivity contribution >= 4 is 11.8 Å². The third kappa shape index (κ3) is 54.0. The molecule has 0 bridgehead atoms. The molecule has 0 aromatic carbocycles. The van der Waals surface area contributed by atoms with E-state index in [0.29, 0.717) is 19.6 Å². The zero-order valence-electron chi connectivity index (χ0n) is 52.5. The third-order valence-corrected chi connectivity index (χ3v) is 16.4. The van der Waals surface area contributed by atoms with Gasteiger partial charge in [-0.3, -0.25) is 9.59 Å². The second kappa shape index (κ2) is 63.3. The summed E-state index contributed by atoms with van der Waals surface area (Å²) in [6.45, 7) is 9.30. The Labute approximate surface area is 484 Å². The van der Waals surface area contributed by atoms with E-state index in [0.717, 1.165) is 83.5 Å². The van der Waals surface area contributed by atoms with Gasteiger partial charge in [0.2, 0.25) is 11.8 Å². The normalized spacial score (nSPS) is 12.9. The van der Waals surface area contributed by atoms with Gasteiger partial charge in [-0.15, -0.1) is 0 Å². The number of unbranched alkanes of at least 4 members (excludes halogenated alkanes) is 43. The highest BCUT2D eigenvalue weighted by Gasteiger charge is 2.25. The standard InChI is InChI=1S/C68H136N2O8/c1-4-7-10-13-16-18-20-22-27-31-35-39-44-49-58-77-62-65(73)60-69(54-56-71)67(75)53-48-43-38-34-30-26-24-25-29-33-37-42-47-52-64(51-46-41-15-12-9-6-3)68(76)70(55-57-72)61-66(74)63-78-59-50-45-40-36-32-28-23-21-19-17-14-11-8-5-2/h64-66,71-74H,4-63H2,1-3H3. The van der Waals surface area contributed by atoms with E-state index in [4.69, 9.17) is 9.47 Å². The fraction of sp³-hybridized carbons (Fsp3) is 0.971. The number of amides is 2. The lowest BCUT2D eigenvalue weighted by molar-refractivity contribution is -0.138. The van der Waals surface area contributed by atoms with E-state index in [2.05, 4.69) is 20.8 Å². The molecule has 0 fully saturated rings. The second-order valence-electron chi connectivity index (χ2n) is 24.1. The first kappa shape index (κ1) is 76.7. The van der Waals surface area contributed by atoms with E-state index >= 15 is 0 Å². The number of carbonyl (C=O) groups excluding carboxylic acids is 2. The van der Waals surface area contributed by atoms with Crippen LogP contribution in [0.1, 0.15) is 342 Å². The van der Waals surface area contributed by atoms with Crippen LogP contribution in [0.3, 0.4) is 0 Å². The Balaban J connectivity index is 4.20. The van der Waals surface area contributed by atoms with Gasteiger partial charge in [0.05, 0.1) is 38.6 Å². The van der Waals surface area contributed by atoms with Crippen LogP contribution >= 0.6 is 0 Å². The van der Waals surface area contributed by atoms with Crippen LogP contribution in [0.15, 0.2) is 0 Å². The maximum atomic E-state index is 14.0. The van der Waals surface area contributed by atoms with Crippen LogP contribution < -0.4 is 0 Å². The van der Waals surface area contributed by atoms with Crippen LogP contribution in [-0.2, 0) is 19.1 Å². The van der Waals surface area contributed by atoms with Crippen molar-refractivity contribution in [3.8, 4) is 0 Å². The largest absolute Gasteiger partial charge is 0.395 e. The molecule has 4 N–H and O–H groups in total. The Bertz CT molecular complexity index is 1190. The summed E-state index contributed by atoms with van der Waals surface area (Å²) < 4.78 is 11.6. The van der Waals surface area contributed by atoms with E-state index < -0.39 is 12.2 Å². The topological polar surface area (TPSA) is 140 Å². The maximum Gasteiger partial charge on any atom is 0.225 e. The first-order chi connectivity index (χ1) is 38.3. The van der Waals surface area contributed by atoms with E-state index in [9.17, 15) is 30.0 Å². The van der Waals surface area contributed by atoms with Crippen molar-refractivity contribution < 1.29 is 39.5 Å². The van der Waals surface area contributed by atoms with Crippen LogP contribution in [-0.4, -0.2) is 120 Å². The van der Waals surface area contributed by atoms with E-state index in [-0.39, 0.29) is 70.3 Å². The van der Waals surface area contributed by atoms with Gasteiger partial charge in [-0.05, 0) is 32.1 Å². The Morgan fingerprint density at radius 2 is 0.603 bits per heavy atom. The van der Waals surface area contributed by atoms with E-state index in [1.165, 1.54) is 231 Å². The minimum atomic E-state index is -0.745. The van der Waals surface area contributed by atoms with Crippen LogP contribution in [0.5, 0.6) is 0 Å². The van der Waals surface area contributed by atoms with Gasteiger partial charge in [0.25, 0.3) is 0 Å². The molecule has 10 heteroatoms. The molecule has 3 unspecified atom stereocenters. The second-order valence-corrected chi connectivity index (χ2v) is 24.1. The number of rotatable bonds is 66. The summed E-state index contributed by atoms with van der Waals surface area (Å²) in [5.74, 6) is 0.0596. The van der Waals surface area contributed by atoms with Gasteiger partial charge < -0.3 is 39.7 Å². The summed E-state index contributed by atoms with van der Waals surface area (Å²) in [5.41, 5.74) is 0.